The molecule has 4 N–H and O–H groups in total. The van der Waals surface area contributed by atoms with Gasteiger partial charge in [-0.15, -0.1) is 0 Å². The van der Waals surface area contributed by atoms with Gasteiger partial charge in [0.05, 0.1) is 18.8 Å². The van der Waals surface area contributed by atoms with Gasteiger partial charge in [0.25, 0.3) is 0 Å². The van der Waals surface area contributed by atoms with Crippen molar-refractivity contribution in [3.8, 4) is 11.3 Å². The minimum Gasteiger partial charge on any atom is -0.394 e. The van der Waals surface area contributed by atoms with Crippen LogP contribution < -0.4 is 11.1 Å². The van der Waals surface area contributed by atoms with Gasteiger partial charge in [-0.3, -0.25) is 9.67 Å². The van der Waals surface area contributed by atoms with E-state index in [2.05, 4.69) is 32.3 Å². The molecule has 0 aromatic carbocycles. The van der Waals surface area contributed by atoms with Crippen molar-refractivity contribution in [1.82, 2.24) is 24.7 Å². The molecule has 0 aliphatic rings. The molecule has 0 spiro atoms. The summed E-state index contributed by atoms with van der Waals surface area (Å²) in [6.45, 7) is 2.59. The number of hydrogen-bond donors (Lipinski definition) is 3. The Hall–Kier alpha value is -3.52. The topological polar surface area (TPSA) is 115 Å². The van der Waals surface area contributed by atoms with E-state index in [1.807, 2.05) is 30.5 Å². The van der Waals surface area contributed by atoms with Gasteiger partial charge in [-0.05, 0) is 35.6 Å². The number of anilines is 3. The summed E-state index contributed by atoms with van der Waals surface area (Å²) in [4.78, 5) is 13.2. The number of nitrogens with two attached hydrogens (primary N) is 1. The maximum atomic E-state index is 9.00. The molecule has 8 heteroatoms. The van der Waals surface area contributed by atoms with E-state index in [9.17, 15) is 0 Å². The Labute approximate surface area is 162 Å². The predicted molar refractivity (Wildman–Crippen MR) is 109 cm³/mol. The molecule has 8 nitrogen and oxygen atoms in total. The number of fused-ring (bicyclic) bond motifs is 1. The van der Waals surface area contributed by atoms with Crippen molar-refractivity contribution >= 4 is 28.2 Å². The highest BCUT2D eigenvalue weighted by Crippen LogP contribution is 2.29. The van der Waals surface area contributed by atoms with Crippen molar-refractivity contribution in [2.24, 2.45) is 0 Å². The second-order valence-corrected chi connectivity index (χ2v) is 6.38. The van der Waals surface area contributed by atoms with Crippen molar-refractivity contribution in [3.63, 3.8) is 0 Å². The van der Waals surface area contributed by atoms with Crippen LogP contribution >= 0.6 is 0 Å². The first-order chi connectivity index (χ1) is 13.7. The van der Waals surface area contributed by atoms with E-state index in [4.69, 9.17) is 10.8 Å². The summed E-state index contributed by atoms with van der Waals surface area (Å²) in [5.41, 5.74) is 9.13. The van der Waals surface area contributed by atoms with Gasteiger partial charge in [-0.25, -0.2) is 9.97 Å². The largest absolute Gasteiger partial charge is 0.394 e. The molecule has 0 aliphatic carbocycles. The van der Waals surface area contributed by atoms with Gasteiger partial charge in [0.2, 0.25) is 0 Å². The fraction of sp³-hybridized carbons (Fsp3) is 0.200. The fourth-order valence-corrected chi connectivity index (χ4v) is 3.13. The molecule has 0 saturated heterocycles. The zero-order valence-electron chi connectivity index (χ0n) is 15.5. The molecular weight excluding hydrogens is 354 g/mol. The Morgan fingerprint density at radius 3 is 2.89 bits per heavy atom. The van der Waals surface area contributed by atoms with Crippen LogP contribution in [0.2, 0.25) is 0 Å². The van der Waals surface area contributed by atoms with E-state index < -0.39 is 0 Å². The number of rotatable bonds is 6. The SMILES string of the molecule is CCc1ccncc1-c1cc2cc(Nc3ccn(CCO)n3)ncc2c(N)n1. The Balaban J connectivity index is 1.71. The van der Waals surface area contributed by atoms with Gasteiger partial charge in [0, 0.05) is 41.8 Å². The van der Waals surface area contributed by atoms with Crippen molar-refractivity contribution in [2.75, 3.05) is 17.7 Å². The van der Waals surface area contributed by atoms with Crippen LogP contribution in [0, 0.1) is 0 Å². The Bertz CT molecular complexity index is 1120. The highest BCUT2D eigenvalue weighted by molar-refractivity contribution is 5.94. The van der Waals surface area contributed by atoms with Gasteiger partial charge >= 0.3 is 0 Å². The van der Waals surface area contributed by atoms with Crippen LogP contribution in [0.3, 0.4) is 0 Å². The lowest BCUT2D eigenvalue weighted by Gasteiger charge is -2.10. The molecule has 0 bridgehead atoms. The van der Waals surface area contributed by atoms with E-state index >= 15 is 0 Å². The maximum Gasteiger partial charge on any atom is 0.153 e. The van der Waals surface area contributed by atoms with E-state index in [1.54, 1.807) is 23.3 Å². The van der Waals surface area contributed by atoms with Crippen molar-refractivity contribution in [2.45, 2.75) is 19.9 Å². The van der Waals surface area contributed by atoms with Crippen molar-refractivity contribution in [3.05, 3.63) is 54.6 Å². The number of hydrogen-bond acceptors (Lipinski definition) is 7. The monoisotopic (exact) mass is 375 g/mol. The Morgan fingerprint density at radius 1 is 1.18 bits per heavy atom. The minimum absolute atomic E-state index is 0.0402. The summed E-state index contributed by atoms with van der Waals surface area (Å²) in [6, 6.07) is 7.75. The standard InChI is InChI=1S/C20H21N7O/c1-2-13-3-5-22-11-15(13)17-9-14-10-19(23-12-16(14)20(21)24-17)25-18-4-6-27(26-18)7-8-28/h3-6,9-12,28H,2,7-8H2,1H3,(H2,21,24)(H,23,25,26). The fourth-order valence-electron chi connectivity index (χ4n) is 3.13. The lowest BCUT2D eigenvalue weighted by molar-refractivity contribution is 0.269. The number of aromatic nitrogens is 5. The van der Waals surface area contributed by atoms with E-state index in [-0.39, 0.29) is 6.61 Å². The number of nitrogens with one attached hydrogen (secondary N) is 1. The molecule has 28 heavy (non-hydrogen) atoms. The maximum absolute atomic E-state index is 9.00. The molecule has 0 unspecified atom stereocenters. The van der Waals surface area contributed by atoms with Crippen LogP contribution in [0.25, 0.3) is 22.0 Å². The predicted octanol–water partition coefficient (Wildman–Crippen LogP) is 2.77. The summed E-state index contributed by atoms with van der Waals surface area (Å²) in [5.74, 6) is 1.74. The quantitative estimate of drug-likeness (QED) is 0.475. The summed E-state index contributed by atoms with van der Waals surface area (Å²) < 4.78 is 1.66. The number of nitrogens with zero attached hydrogens (tertiary/aromatic N) is 5. The average molecular weight is 375 g/mol. The van der Waals surface area contributed by atoms with Crippen LogP contribution in [0.4, 0.5) is 17.5 Å². The normalized spacial score (nSPS) is 11.1. The Kier molecular flexibility index (Phi) is 4.86. The van der Waals surface area contributed by atoms with E-state index in [0.29, 0.717) is 24.0 Å². The summed E-state index contributed by atoms with van der Waals surface area (Å²) in [6.07, 6.45) is 8.00. The van der Waals surface area contributed by atoms with Gasteiger partial charge < -0.3 is 16.2 Å². The summed E-state index contributed by atoms with van der Waals surface area (Å²) >= 11 is 0. The highest BCUT2D eigenvalue weighted by Gasteiger charge is 2.11. The van der Waals surface area contributed by atoms with Gasteiger partial charge in [-0.2, -0.15) is 5.10 Å². The van der Waals surface area contributed by atoms with Crippen molar-refractivity contribution in [1.29, 1.82) is 0 Å². The third kappa shape index (κ3) is 3.49. The smallest absolute Gasteiger partial charge is 0.153 e. The van der Waals surface area contributed by atoms with Crippen LogP contribution in [-0.2, 0) is 13.0 Å². The molecule has 0 aliphatic heterocycles. The molecule has 0 saturated carbocycles. The van der Waals surface area contributed by atoms with E-state index in [1.165, 1.54) is 5.56 Å². The molecule has 0 radical (unpaired) electrons. The number of aliphatic hydroxyl groups excluding tert-OH is 1. The number of nitrogen functional groups attached to an aromatic ring is 1. The highest BCUT2D eigenvalue weighted by atomic mass is 16.3. The van der Waals surface area contributed by atoms with Crippen LogP contribution in [0.5, 0.6) is 0 Å². The zero-order valence-corrected chi connectivity index (χ0v) is 15.5. The lowest BCUT2D eigenvalue weighted by atomic mass is 10.0. The number of pyridine rings is 3. The number of aliphatic hydroxyl groups is 1. The molecule has 0 atom stereocenters. The first-order valence-electron chi connectivity index (χ1n) is 9.09. The van der Waals surface area contributed by atoms with Crippen molar-refractivity contribution < 1.29 is 5.11 Å². The molecule has 142 valence electrons. The number of aryl methyl sites for hydroxylation is 1. The second-order valence-electron chi connectivity index (χ2n) is 6.38. The lowest BCUT2D eigenvalue weighted by Crippen LogP contribution is -2.03. The molecular formula is C20H21N7O. The first-order valence-corrected chi connectivity index (χ1v) is 9.09. The van der Waals surface area contributed by atoms with Gasteiger partial charge in [0.1, 0.15) is 11.6 Å². The van der Waals surface area contributed by atoms with Gasteiger partial charge in [0.15, 0.2) is 5.82 Å². The van der Waals surface area contributed by atoms with Crippen LogP contribution in [0.1, 0.15) is 12.5 Å². The van der Waals surface area contributed by atoms with Crippen LogP contribution in [0.15, 0.2) is 49.1 Å². The summed E-state index contributed by atoms with van der Waals surface area (Å²) in [7, 11) is 0. The second kappa shape index (κ2) is 7.61. The molecule has 4 aromatic heterocycles. The van der Waals surface area contributed by atoms with Gasteiger partial charge in [-0.1, -0.05) is 6.92 Å². The molecule has 4 heterocycles. The summed E-state index contributed by atoms with van der Waals surface area (Å²) in [5, 5.41) is 18.2. The third-order valence-corrected chi connectivity index (χ3v) is 4.54. The third-order valence-electron chi connectivity index (χ3n) is 4.54. The first kappa shape index (κ1) is 17.9. The molecule has 4 rings (SSSR count). The Morgan fingerprint density at radius 2 is 2.07 bits per heavy atom. The minimum atomic E-state index is 0.0402. The zero-order chi connectivity index (χ0) is 19.5. The molecule has 0 fully saturated rings. The van der Waals surface area contributed by atoms with E-state index in [0.717, 1.165) is 28.5 Å². The molecule has 0 amide bonds. The average Bonchev–Trinajstić information content (AvgIpc) is 3.14. The van der Waals surface area contributed by atoms with Crippen LogP contribution in [-0.4, -0.2) is 36.4 Å². The molecule has 4 aromatic rings.